The molecule has 0 fully saturated rings. The zero-order valence-corrected chi connectivity index (χ0v) is 18.4. The van der Waals surface area contributed by atoms with Crippen molar-refractivity contribution in [1.29, 1.82) is 0 Å². The number of likely N-dealkylation sites (N-methyl/N-ethyl adjacent to an activating group) is 1. The van der Waals surface area contributed by atoms with Gasteiger partial charge in [-0.1, -0.05) is 43.8 Å². The summed E-state index contributed by atoms with van der Waals surface area (Å²) in [6.45, 7) is 15.4. The summed E-state index contributed by atoms with van der Waals surface area (Å²) in [5, 5.41) is 0.704. The molecule has 0 aromatic heterocycles. The van der Waals surface area contributed by atoms with Gasteiger partial charge >= 0.3 is 0 Å². The van der Waals surface area contributed by atoms with E-state index in [1.807, 2.05) is 43.1 Å². The lowest BCUT2D eigenvalue weighted by Gasteiger charge is -2.34. The molecular formula is C24H29ClN4. The molecule has 1 aromatic rings. The number of nitrogens with two attached hydrogens (primary N) is 1. The molecule has 2 aliphatic heterocycles. The topological polar surface area (TPSA) is 44.9 Å². The molecule has 2 aliphatic rings. The van der Waals surface area contributed by atoms with E-state index in [2.05, 4.69) is 44.2 Å². The Hall–Kier alpha value is -2.72. The van der Waals surface area contributed by atoms with Crippen LogP contribution in [-0.4, -0.2) is 29.1 Å². The third-order valence-corrected chi connectivity index (χ3v) is 5.67. The van der Waals surface area contributed by atoms with Crippen LogP contribution >= 0.6 is 11.6 Å². The minimum absolute atomic E-state index is 0.115. The number of nitrogens with zero attached hydrogens (tertiary/aromatic N) is 3. The smallest absolute Gasteiger partial charge is 0.0884 e. The lowest BCUT2D eigenvalue weighted by Crippen LogP contribution is -2.28. The first-order valence-electron chi connectivity index (χ1n) is 9.83. The van der Waals surface area contributed by atoms with Gasteiger partial charge in [-0.2, -0.15) is 0 Å². The van der Waals surface area contributed by atoms with Crippen LogP contribution in [0.3, 0.4) is 0 Å². The van der Waals surface area contributed by atoms with Gasteiger partial charge in [-0.15, -0.1) is 0 Å². The fourth-order valence-electron chi connectivity index (χ4n) is 3.77. The van der Waals surface area contributed by atoms with Crippen LogP contribution in [0.25, 0.3) is 0 Å². The molecule has 0 amide bonds. The zero-order valence-electron chi connectivity index (χ0n) is 17.7. The Morgan fingerprint density at radius 1 is 1.21 bits per heavy atom. The van der Waals surface area contributed by atoms with E-state index in [1.165, 1.54) is 0 Å². The second-order valence-electron chi connectivity index (χ2n) is 7.50. The molecular weight excluding hydrogens is 380 g/mol. The van der Waals surface area contributed by atoms with E-state index in [0.29, 0.717) is 10.7 Å². The maximum absolute atomic E-state index is 6.60. The molecule has 4 nitrogen and oxygen atoms in total. The van der Waals surface area contributed by atoms with Crippen LogP contribution in [-0.2, 0) is 0 Å². The fourth-order valence-corrected chi connectivity index (χ4v) is 3.90. The highest BCUT2D eigenvalue weighted by Gasteiger charge is 2.38. The zero-order chi connectivity index (χ0) is 21.3. The second kappa shape index (κ2) is 8.34. The highest BCUT2D eigenvalue weighted by molar-refractivity contribution is 6.30. The molecule has 2 heterocycles. The minimum atomic E-state index is -0.115. The molecule has 2 N–H and O–H groups in total. The molecule has 0 bridgehead atoms. The predicted octanol–water partition coefficient (Wildman–Crippen LogP) is 5.54. The lowest BCUT2D eigenvalue weighted by atomic mass is 9.95. The fraction of sp³-hybridized carbons (Fsp3) is 0.292. The molecule has 1 atom stereocenters. The number of aliphatic imine (C=N–C) groups is 1. The summed E-state index contributed by atoms with van der Waals surface area (Å²) in [6.07, 6.45) is 5.18. The van der Waals surface area contributed by atoms with E-state index < -0.39 is 0 Å². The molecule has 5 heteroatoms. The molecule has 0 saturated carbocycles. The van der Waals surface area contributed by atoms with Crippen LogP contribution in [0.2, 0.25) is 5.02 Å². The van der Waals surface area contributed by atoms with Crippen molar-refractivity contribution in [3.63, 3.8) is 0 Å². The van der Waals surface area contributed by atoms with Crippen molar-refractivity contribution in [3.05, 3.63) is 94.2 Å². The summed E-state index contributed by atoms with van der Waals surface area (Å²) in [4.78, 5) is 8.97. The third-order valence-electron chi connectivity index (χ3n) is 5.42. The van der Waals surface area contributed by atoms with Gasteiger partial charge in [-0.05, 0) is 49.6 Å². The maximum Gasteiger partial charge on any atom is 0.0884 e. The van der Waals surface area contributed by atoms with Gasteiger partial charge in [0.15, 0.2) is 0 Å². The van der Waals surface area contributed by atoms with Crippen LogP contribution in [0, 0.1) is 0 Å². The van der Waals surface area contributed by atoms with Crippen LogP contribution < -0.4 is 5.73 Å². The van der Waals surface area contributed by atoms with Crippen molar-refractivity contribution in [3.8, 4) is 0 Å². The van der Waals surface area contributed by atoms with Crippen molar-refractivity contribution >= 4 is 17.3 Å². The van der Waals surface area contributed by atoms with Crippen molar-refractivity contribution in [2.24, 2.45) is 10.7 Å². The van der Waals surface area contributed by atoms with Crippen molar-refractivity contribution in [2.45, 2.75) is 33.2 Å². The number of benzene rings is 1. The Labute approximate surface area is 179 Å². The van der Waals surface area contributed by atoms with Gasteiger partial charge in [0.1, 0.15) is 0 Å². The normalized spacial score (nSPS) is 20.4. The summed E-state index contributed by atoms with van der Waals surface area (Å²) >= 11 is 6.15. The Kier molecular flexibility index (Phi) is 6.04. The number of rotatable bonds is 5. The molecule has 0 saturated heterocycles. The van der Waals surface area contributed by atoms with Gasteiger partial charge in [0, 0.05) is 41.8 Å². The Morgan fingerprint density at radius 3 is 2.45 bits per heavy atom. The Balaban J connectivity index is 2.16. The Bertz CT molecular complexity index is 963. The first-order chi connectivity index (χ1) is 13.8. The standard InChI is InChI=1S/C24H29ClN4/c1-7-12-27-16(3)22-23(26)18(5)29(21-13-15(2)17(4)28(6)14-21)24(22)19-8-10-20(25)11-9-19/h8-11,13-14,24H,4-5,7,12,26H2,1-3,6H3. The molecule has 0 aliphatic carbocycles. The van der Waals surface area contributed by atoms with E-state index in [4.69, 9.17) is 22.3 Å². The highest BCUT2D eigenvalue weighted by atomic mass is 35.5. The number of halogens is 1. The molecule has 152 valence electrons. The van der Waals surface area contributed by atoms with Gasteiger partial charge in [-0.3, -0.25) is 4.99 Å². The molecule has 29 heavy (non-hydrogen) atoms. The van der Waals surface area contributed by atoms with E-state index >= 15 is 0 Å². The van der Waals surface area contributed by atoms with Gasteiger partial charge in [-0.25, -0.2) is 0 Å². The molecule has 0 spiro atoms. The molecule has 1 unspecified atom stereocenters. The molecule has 1 aromatic carbocycles. The van der Waals surface area contributed by atoms with Gasteiger partial charge in [0.25, 0.3) is 0 Å². The monoisotopic (exact) mass is 408 g/mol. The van der Waals surface area contributed by atoms with E-state index in [0.717, 1.165) is 52.5 Å². The van der Waals surface area contributed by atoms with Crippen LogP contribution in [0.1, 0.15) is 38.8 Å². The second-order valence-corrected chi connectivity index (χ2v) is 7.94. The number of allylic oxidation sites excluding steroid dienone is 2. The summed E-state index contributed by atoms with van der Waals surface area (Å²) in [6, 6.07) is 7.79. The minimum Gasteiger partial charge on any atom is -0.397 e. The summed E-state index contributed by atoms with van der Waals surface area (Å²) in [5.41, 5.74) is 14.2. The number of hydrogen-bond donors (Lipinski definition) is 1. The lowest BCUT2D eigenvalue weighted by molar-refractivity contribution is 0.390. The summed E-state index contributed by atoms with van der Waals surface area (Å²) < 4.78 is 0. The highest BCUT2D eigenvalue weighted by Crippen LogP contribution is 2.45. The quantitative estimate of drug-likeness (QED) is 0.650. The van der Waals surface area contributed by atoms with Gasteiger partial charge in [0.2, 0.25) is 0 Å². The van der Waals surface area contributed by atoms with Crippen LogP contribution in [0.5, 0.6) is 0 Å². The summed E-state index contributed by atoms with van der Waals surface area (Å²) in [5.74, 6) is 0. The predicted molar refractivity (Wildman–Crippen MR) is 123 cm³/mol. The SMILES string of the molecule is C=C1C(C)=CC(N2C(=C)C(N)=C(C(C)=NCCC)C2c2ccc(Cl)cc2)=CN1C. The number of hydrogen-bond acceptors (Lipinski definition) is 4. The van der Waals surface area contributed by atoms with Crippen molar-refractivity contribution in [1.82, 2.24) is 9.80 Å². The molecule has 3 rings (SSSR count). The maximum atomic E-state index is 6.60. The van der Waals surface area contributed by atoms with Crippen molar-refractivity contribution in [2.75, 3.05) is 13.6 Å². The van der Waals surface area contributed by atoms with Gasteiger partial charge in [0.05, 0.1) is 23.1 Å². The van der Waals surface area contributed by atoms with Gasteiger partial charge < -0.3 is 15.5 Å². The van der Waals surface area contributed by atoms with Crippen LogP contribution in [0.15, 0.2) is 88.6 Å². The van der Waals surface area contributed by atoms with Crippen molar-refractivity contribution < 1.29 is 0 Å². The average Bonchev–Trinajstić information content (AvgIpc) is 2.95. The van der Waals surface area contributed by atoms with E-state index in [1.54, 1.807) is 0 Å². The average molecular weight is 409 g/mol. The third kappa shape index (κ3) is 3.90. The Morgan fingerprint density at radius 2 is 1.86 bits per heavy atom. The largest absolute Gasteiger partial charge is 0.397 e. The van der Waals surface area contributed by atoms with Crippen LogP contribution in [0.4, 0.5) is 0 Å². The first kappa shape index (κ1) is 21.0. The van der Waals surface area contributed by atoms with E-state index in [-0.39, 0.29) is 6.04 Å². The first-order valence-corrected chi connectivity index (χ1v) is 10.2. The summed E-state index contributed by atoms with van der Waals surface area (Å²) in [7, 11) is 2.00. The van der Waals surface area contributed by atoms with E-state index in [9.17, 15) is 0 Å². The molecule has 0 radical (unpaired) electrons.